The van der Waals surface area contributed by atoms with Gasteiger partial charge in [-0.3, -0.25) is 0 Å². The monoisotopic (exact) mass is 387 g/mol. The van der Waals surface area contributed by atoms with Gasteiger partial charge in [-0.25, -0.2) is 9.97 Å². The van der Waals surface area contributed by atoms with E-state index in [0.717, 1.165) is 10.2 Å². The van der Waals surface area contributed by atoms with Crippen LogP contribution in [0.1, 0.15) is 26.5 Å². The molecule has 0 unspecified atom stereocenters. The van der Waals surface area contributed by atoms with E-state index in [0.29, 0.717) is 27.3 Å². The first kappa shape index (κ1) is 16.5. The lowest BCUT2D eigenvalue weighted by atomic mass is 9.91. The minimum atomic E-state index is -0.143. The Kier molecular flexibility index (Phi) is 4.81. The molecule has 1 aromatic heterocycles. The fourth-order valence-corrected chi connectivity index (χ4v) is 3.47. The number of nitrogens with zero attached hydrogens (tertiary/aromatic N) is 2. The molecule has 2 aromatic rings. The van der Waals surface area contributed by atoms with Gasteiger partial charge in [-0.15, -0.1) is 0 Å². The molecular formula is C15H16BrCl2N3. The third kappa shape index (κ3) is 3.33. The molecule has 0 saturated heterocycles. The van der Waals surface area contributed by atoms with Gasteiger partial charge in [0.25, 0.3) is 0 Å². The number of aromatic nitrogens is 2. The van der Waals surface area contributed by atoms with Gasteiger partial charge in [0.15, 0.2) is 5.82 Å². The molecule has 3 nitrogen and oxygen atoms in total. The van der Waals surface area contributed by atoms with Crippen molar-refractivity contribution in [3.63, 3.8) is 0 Å². The van der Waals surface area contributed by atoms with Gasteiger partial charge in [-0.1, -0.05) is 50.0 Å². The van der Waals surface area contributed by atoms with Crippen molar-refractivity contribution < 1.29 is 0 Å². The Bertz CT molecular complexity index is 661. The number of anilines is 1. The molecule has 21 heavy (non-hydrogen) atoms. The highest BCUT2D eigenvalue weighted by atomic mass is 79.9. The number of rotatable bonds is 2. The van der Waals surface area contributed by atoms with Gasteiger partial charge in [-0.2, -0.15) is 0 Å². The molecule has 1 aromatic carbocycles. The van der Waals surface area contributed by atoms with Gasteiger partial charge < -0.3 is 5.32 Å². The van der Waals surface area contributed by atoms with Crippen molar-refractivity contribution in [1.82, 2.24) is 9.97 Å². The van der Waals surface area contributed by atoms with Gasteiger partial charge in [-0.05, 0) is 28.1 Å². The molecule has 0 saturated carbocycles. The van der Waals surface area contributed by atoms with E-state index in [1.54, 1.807) is 18.2 Å². The van der Waals surface area contributed by atoms with E-state index < -0.39 is 0 Å². The SMILES string of the molecule is CNc1nc(-c2c(Cl)cccc2Cl)nc(C(C)(C)C)c1Br. The van der Waals surface area contributed by atoms with Crippen molar-refractivity contribution in [3.05, 3.63) is 38.4 Å². The first-order valence-corrected chi connectivity index (χ1v) is 8.00. The number of benzene rings is 1. The maximum atomic E-state index is 6.27. The molecule has 1 N–H and O–H groups in total. The summed E-state index contributed by atoms with van der Waals surface area (Å²) >= 11 is 16.1. The minimum Gasteiger partial charge on any atom is -0.372 e. The summed E-state index contributed by atoms with van der Waals surface area (Å²) in [6.45, 7) is 6.28. The van der Waals surface area contributed by atoms with E-state index in [2.05, 4.69) is 52.0 Å². The number of hydrogen-bond donors (Lipinski definition) is 1. The molecular weight excluding hydrogens is 373 g/mol. The van der Waals surface area contributed by atoms with E-state index in [4.69, 9.17) is 23.2 Å². The maximum absolute atomic E-state index is 6.27. The zero-order valence-corrected chi connectivity index (χ0v) is 15.4. The average Bonchev–Trinajstić information content (AvgIpc) is 2.38. The average molecular weight is 389 g/mol. The summed E-state index contributed by atoms with van der Waals surface area (Å²) in [6, 6.07) is 5.37. The Labute approximate surface area is 143 Å². The van der Waals surface area contributed by atoms with Crippen LogP contribution in [0.3, 0.4) is 0 Å². The van der Waals surface area contributed by atoms with Crippen molar-refractivity contribution in [3.8, 4) is 11.4 Å². The summed E-state index contributed by atoms with van der Waals surface area (Å²) in [7, 11) is 1.82. The summed E-state index contributed by atoms with van der Waals surface area (Å²) in [5.41, 5.74) is 1.40. The second kappa shape index (κ2) is 6.11. The van der Waals surface area contributed by atoms with E-state index in [1.165, 1.54) is 0 Å². The molecule has 112 valence electrons. The maximum Gasteiger partial charge on any atom is 0.164 e. The van der Waals surface area contributed by atoms with E-state index in [9.17, 15) is 0 Å². The summed E-state index contributed by atoms with van der Waals surface area (Å²) in [4.78, 5) is 9.20. The molecule has 0 amide bonds. The highest BCUT2D eigenvalue weighted by Crippen LogP contribution is 2.38. The minimum absolute atomic E-state index is 0.143. The quantitative estimate of drug-likeness (QED) is 0.732. The first-order valence-electron chi connectivity index (χ1n) is 6.46. The highest BCUT2D eigenvalue weighted by Gasteiger charge is 2.24. The molecule has 0 aliphatic rings. The fraction of sp³-hybridized carbons (Fsp3) is 0.333. The van der Waals surface area contributed by atoms with Crippen LogP contribution >= 0.6 is 39.1 Å². The smallest absolute Gasteiger partial charge is 0.164 e. The normalized spacial score (nSPS) is 11.6. The van der Waals surface area contributed by atoms with Crippen molar-refractivity contribution in [1.29, 1.82) is 0 Å². The molecule has 0 aliphatic carbocycles. The zero-order chi connectivity index (χ0) is 15.8. The van der Waals surface area contributed by atoms with Gasteiger partial charge in [0.2, 0.25) is 0 Å². The van der Waals surface area contributed by atoms with Crippen LogP contribution in [0.5, 0.6) is 0 Å². The Morgan fingerprint density at radius 3 is 2.14 bits per heavy atom. The van der Waals surface area contributed by atoms with E-state index in [-0.39, 0.29) is 5.41 Å². The Hall–Kier alpha value is -0.840. The van der Waals surface area contributed by atoms with Crippen LogP contribution in [0, 0.1) is 0 Å². The number of halogens is 3. The van der Waals surface area contributed by atoms with Crippen LogP contribution in [-0.4, -0.2) is 17.0 Å². The standard InChI is InChI=1S/C15H16BrCl2N3/c1-15(2,3)12-11(16)14(19-4)21-13(20-12)10-8(17)6-5-7-9(10)18/h5-7H,1-4H3,(H,19,20,21). The molecule has 0 spiro atoms. The number of hydrogen-bond acceptors (Lipinski definition) is 3. The van der Waals surface area contributed by atoms with Gasteiger partial charge in [0.1, 0.15) is 5.82 Å². The van der Waals surface area contributed by atoms with Crippen LogP contribution in [0.15, 0.2) is 22.7 Å². The Morgan fingerprint density at radius 2 is 1.67 bits per heavy atom. The summed E-state index contributed by atoms with van der Waals surface area (Å²) in [5, 5.41) is 4.14. The zero-order valence-electron chi connectivity index (χ0n) is 12.3. The molecule has 2 rings (SSSR count). The van der Waals surface area contributed by atoms with Gasteiger partial charge in [0.05, 0.1) is 25.8 Å². The van der Waals surface area contributed by atoms with E-state index >= 15 is 0 Å². The van der Waals surface area contributed by atoms with Crippen LogP contribution < -0.4 is 5.32 Å². The third-order valence-electron chi connectivity index (χ3n) is 2.98. The van der Waals surface area contributed by atoms with Crippen LogP contribution in [-0.2, 0) is 5.41 Å². The topological polar surface area (TPSA) is 37.8 Å². The van der Waals surface area contributed by atoms with Crippen molar-refractivity contribution in [2.45, 2.75) is 26.2 Å². The summed E-state index contributed by atoms with van der Waals surface area (Å²) < 4.78 is 0.851. The van der Waals surface area contributed by atoms with Crippen molar-refractivity contribution in [2.24, 2.45) is 0 Å². The lowest BCUT2D eigenvalue weighted by molar-refractivity contribution is 0.564. The largest absolute Gasteiger partial charge is 0.372 e. The predicted octanol–water partition coefficient (Wildman–Crippen LogP) is 5.55. The fourth-order valence-electron chi connectivity index (χ4n) is 1.93. The van der Waals surface area contributed by atoms with Gasteiger partial charge in [0, 0.05) is 12.5 Å². The lowest BCUT2D eigenvalue weighted by Crippen LogP contribution is -2.17. The molecule has 6 heteroatoms. The lowest BCUT2D eigenvalue weighted by Gasteiger charge is -2.22. The van der Waals surface area contributed by atoms with Crippen molar-refractivity contribution in [2.75, 3.05) is 12.4 Å². The molecule has 0 atom stereocenters. The molecule has 0 fully saturated rings. The van der Waals surface area contributed by atoms with Crippen LogP contribution in [0.2, 0.25) is 10.0 Å². The molecule has 1 heterocycles. The first-order chi connectivity index (χ1) is 9.75. The number of nitrogens with one attached hydrogen (secondary N) is 1. The second-order valence-electron chi connectivity index (χ2n) is 5.66. The molecule has 0 aliphatic heterocycles. The second-order valence-corrected chi connectivity index (χ2v) is 7.26. The highest BCUT2D eigenvalue weighted by molar-refractivity contribution is 9.10. The van der Waals surface area contributed by atoms with Crippen LogP contribution in [0.4, 0.5) is 5.82 Å². The summed E-state index contributed by atoms with van der Waals surface area (Å²) in [6.07, 6.45) is 0. The Morgan fingerprint density at radius 1 is 1.10 bits per heavy atom. The molecule has 0 bridgehead atoms. The predicted molar refractivity (Wildman–Crippen MR) is 93.4 cm³/mol. The van der Waals surface area contributed by atoms with Gasteiger partial charge >= 0.3 is 0 Å². The van der Waals surface area contributed by atoms with E-state index in [1.807, 2.05) is 7.05 Å². The third-order valence-corrected chi connectivity index (χ3v) is 4.37. The summed E-state index contributed by atoms with van der Waals surface area (Å²) in [5.74, 6) is 1.23. The van der Waals surface area contributed by atoms with Crippen LogP contribution in [0.25, 0.3) is 11.4 Å². The van der Waals surface area contributed by atoms with Crippen molar-refractivity contribution >= 4 is 44.9 Å². The molecule has 0 radical (unpaired) electrons. The Balaban J connectivity index is 2.77.